The molecule has 1 N–H and O–H groups in total. The van der Waals surface area contributed by atoms with E-state index < -0.39 is 0 Å². The zero-order chi connectivity index (χ0) is 19.2. The van der Waals surface area contributed by atoms with Gasteiger partial charge in [0.2, 0.25) is 11.8 Å². The average Bonchev–Trinajstić information content (AvgIpc) is 3.22. The summed E-state index contributed by atoms with van der Waals surface area (Å²) in [7, 11) is 1.61. The first-order valence-corrected chi connectivity index (χ1v) is 9.49. The van der Waals surface area contributed by atoms with E-state index >= 15 is 0 Å². The van der Waals surface area contributed by atoms with Crippen LogP contribution in [0.25, 0.3) is 0 Å². The number of ether oxygens (including phenoxy) is 3. The van der Waals surface area contributed by atoms with Crippen molar-refractivity contribution < 1.29 is 23.8 Å². The molecule has 148 valence electrons. The Hall–Kier alpha value is -2.12. The predicted octanol–water partition coefficient (Wildman–Crippen LogP) is 1.87. The fraction of sp³-hybridized carbons (Fsp3) is 0.600. The van der Waals surface area contributed by atoms with Gasteiger partial charge in [0.25, 0.3) is 0 Å². The molecular formula is C20H28N2O5. The van der Waals surface area contributed by atoms with E-state index in [1.54, 1.807) is 7.11 Å². The fourth-order valence-electron chi connectivity index (χ4n) is 3.74. The molecule has 7 nitrogen and oxygen atoms in total. The van der Waals surface area contributed by atoms with Gasteiger partial charge in [-0.05, 0) is 30.5 Å². The standard InChI is InChI=1S/C20H28N2O5/c1-14(23)21-18(15-5-7-17(25-2)8-6-15)12-19(24)22-9-3-4-16(13-22)20-26-10-11-27-20/h5-8,16,18,20H,3-4,9-13H2,1-2H3,(H,21,23). The lowest BCUT2D eigenvalue weighted by Gasteiger charge is -2.35. The maximum Gasteiger partial charge on any atom is 0.225 e. The van der Waals surface area contributed by atoms with Gasteiger partial charge >= 0.3 is 0 Å². The number of piperidine rings is 1. The fourth-order valence-corrected chi connectivity index (χ4v) is 3.74. The third kappa shape index (κ3) is 5.20. The molecule has 2 amide bonds. The van der Waals surface area contributed by atoms with E-state index in [2.05, 4.69) is 5.32 Å². The van der Waals surface area contributed by atoms with Crippen LogP contribution < -0.4 is 10.1 Å². The molecule has 0 aromatic heterocycles. The first kappa shape index (κ1) is 19.6. The summed E-state index contributed by atoms with van der Waals surface area (Å²) in [6.45, 7) is 4.08. The molecule has 2 aliphatic heterocycles. The Labute approximate surface area is 160 Å². The van der Waals surface area contributed by atoms with Crippen molar-refractivity contribution in [2.24, 2.45) is 5.92 Å². The van der Waals surface area contributed by atoms with Crippen molar-refractivity contribution in [3.05, 3.63) is 29.8 Å². The minimum absolute atomic E-state index is 0.0345. The molecule has 7 heteroatoms. The summed E-state index contributed by atoms with van der Waals surface area (Å²) in [4.78, 5) is 26.4. The van der Waals surface area contributed by atoms with Crippen molar-refractivity contribution in [3.8, 4) is 5.75 Å². The van der Waals surface area contributed by atoms with Crippen molar-refractivity contribution in [2.45, 2.75) is 38.5 Å². The molecule has 2 heterocycles. The van der Waals surface area contributed by atoms with Crippen molar-refractivity contribution in [3.63, 3.8) is 0 Å². The molecule has 2 saturated heterocycles. The van der Waals surface area contributed by atoms with Crippen LogP contribution in [0.3, 0.4) is 0 Å². The van der Waals surface area contributed by atoms with Crippen molar-refractivity contribution in [1.82, 2.24) is 10.2 Å². The molecule has 0 saturated carbocycles. The van der Waals surface area contributed by atoms with E-state index in [0.717, 1.165) is 30.7 Å². The minimum atomic E-state index is -0.361. The molecule has 0 aliphatic carbocycles. The zero-order valence-electron chi connectivity index (χ0n) is 16.0. The van der Waals surface area contributed by atoms with Crippen LogP contribution in [0.4, 0.5) is 0 Å². The summed E-state index contributed by atoms with van der Waals surface area (Å²) < 4.78 is 16.4. The average molecular weight is 376 g/mol. The summed E-state index contributed by atoms with van der Waals surface area (Å²) in [5, 5.41) is 2.89. The molecule has 27 heavy (non-hydrogen) atoms. The maximum atomic E-state index is 12.9. The number of hydrogen-bond acceptors (Lipinski definition) is 5. The van der Waals surface area contributed by atoms with Gasteiger partial charge in [-0.25, -0.2) is 0 Å². The van der Waals surface area contributed by atoms with Crippen LogP contribution in [0.2, 0.25) is 0 Å². The van der Waals surface area contributed by atoms with Gasteiger partial charge in [-0.2, -0.15) is 0 Å². The van der Waals surface area contributed by atoms with Gasteiger partial charge in [0.15, 0.2) is 6.29 Å². The van der Waals surface area contributed by atoms with Crippen molar-refractivity contribution in [2.75, 3.05) is 33.4 Å². The molecule has 0 bridgehead atoms. The number of likely N-dealkylation sites (tertiary alicyclic amines) is 1. The summed E-state index contributed by atoms with van der Waals surface area (Å²) in [5.74, 6) is 0.827. The molecule has 2 aliphatic rings. The number of nitrogens with one attached hydrogen (secondary N) is 1. The molecular weight excluding hydrogens is 348 g/mol. The predicted molar refractivity (Wildman–Crippen MR) is 99.2 cm³/mol. The highest BCUT2D eigenvalue weighted by molar-refractivity contribution is 5.79. The second-order valence-corrected chi connectivity index (χ2v) is 7.08. The van der Waals surface area contributed by atoms with Gasteiger partial charge in [0, 0.05) is 25.9 Å². The molecule has 1 aromatic carbocycles. The Bertz CT molecular complexity index is 642. The summed E-state index contributed by atoms with van der Waals surface area (Å²) in [5.41, 5.74) is 0.885. The van der Waals surface area contributed by atoms with Crippen LogP contribution in [0, 0.1) is 5.92 Å². The van der Waals surface area contributed by atoms with Crippen LogP contribution in [0.1, 0.15) is 37.8 Å². The highest BCUT2D eigenvalue weighted by atomic mass is 16.7. The quantitative estimate of drug-likeness (QED) is 0.820. The third-order valence-electron chi connectivity index (χ3n) is 5.12. The van der Waals surface area contributed by atoms with E-state index in [-0.39, 0.29) is 36.5 Å². The summed E-state index contributed by atoms with van der Waals surface area (Å²) in [6.07, 6.45) is 1.97. The van der Waals surface area contributed by atoms with Gasteiger partial charge in [-0.15, -0.1) is 0 Å². The van der Waals surface area contributed by atoms with E-state index in [4.69, 9.17) is 14.2 Å². The Morgan fingerprint density at radius 1 is 1.26 bits per heavy atom. The summed E-state index contributed by atoms with van der Waals surface area (Å²) in [6, 6.07) is 7.07. The molecule has 3 rings (SSSR count). The van der Waals surface area contributed by atoms with E-state index in [1.165, 1.54) is 6.92 Å². The molecule has 2 atom stereocenters. The Morgan fingerprint density at radius 3 is 2.59 bits per heavy atom. The first-order chi connectivity index (χ1) is 13.1. The normalized spacial score (nSPS) is 21.7. The molecule has 0 spiro atoms. The van der Waals surface area contributed by atoms with E-state index in [0.29, 0.717) is 19.8 Å². The van der Waals surface area contributed by atoms with Crippen LogP contribution in [0.5, 0.6) is 5.75 Å². The number of nitrogens with zero attached hydrogens (tertiary/aromatic N) is 1. The number of amides is 2. The van der Waals surface area contributed by atoms with Crippen LogP contribution in [-0.4, -0.2) is 56.4 Å². The SMILES string of the molecule is COc1ccc(C(CC(=O)N2CCCC(C3OCCO3)C2)NC(C)=O)cc1. The highest BCUT2D eigenvalue weighted by Gasteiger charge is 2.33. The first-order valence-electron chi connectivity index (χ1n) is 9.49. The number of methoxy groups -OCH3 is 1. The molecule has 2 unspecified atom stereocenters. The van der Waals surface area contributed by atoms with E-state index in [1.807, 2.05) is 29.2 Å². The van der Waals surface area contributed by atoms with Gasteiger partial charge in [0.1, 0.15) is 5.75 Å². The number of rotatable bonds is 6. The van der Waals surface area contributed by atoms with Crippen LogP contribution in [0.15, 0.2) is 24.3 Å². The lowest BCUT2D eigenvalue weighted by atomic mass is 9.96. The zero-order valence-corrected chi connectivity index (χ0v) is 16.0. The molecule has 0 radical (unpaired) electrons. The lowest BCUT2D eigenvalue weighted by molar-refractivity contribution is -0.139. The van der Waals surface area contributed by atoms with Crippen molar-refractivity contribution in [1.29, 1.82) is 0 Å². The number of carbonyl (C=O) groups is 2. The topological polar surface area (TPSA) is 77.1 Å². The van der Waals surface area contributed by atoms with Gasteiger partial charge < -0.3 is 24.4 Å². The highest BCUT2D eigenvalue weighted by Crippen LogP contribution is 2.27. The second kappa shape index (κ2) is 9.19. The van der Waals surface area contributed by atoms with E-state index in [9.17, 15) is 9.59 Å². The third-order valence-corrected chi connectivity index (χ3v) is 5.12. The molecule has 2 fully saturated rings. The lowest BCUT2D eigenvalue weighted by Crippen LogP contribution is -2.45. The second-order valence-electron chi connectivity index (χ2n) is 7.08. The maximum absolute atomic E-state index is 12.9. The number of hydrogen-bond donors (Lipinski definition) is 1. The van der Waals surface area contributed by atoms with Gasteiger partial charge in [-0.3, -0.25) is 9.59 Å². The Morgan fingerprint density at radius 2 is 1.96 bits per heavy atom. The van der Waals surface area contributed by atoms with Gasteiger partial charge in [0.05, 0.1) is 32.8 Å². The Balaban J connectivity index is 1.64. The molecule has 1 aromatic rings. The number of benzene rings is 1. The smallest absolute Gasteiger partial charge is 0.225 e. The van der Waals surface area contributed by atoms with Crippen LogP contribution in [-0.2, 0) is 19.1 Å². The minimum Gasteiger partial charge on any atom is -0.497 e. The van der Waals surface area contributed by atoms with Crippen molar-refractivity contribution >= 4 is 11.8 Å². The largest absolute Gasteiger partial charge is 0.497 e. The van der Waals surface area contributed by atoms with Crippen LogP contribution >= 0.6 is 0 Å². The monoisotopic (exact) mass is 376 g/mol. The summed E-state index contributed by atoms with van der Waals surface area (Å²) >= 11 is 0. The van der Waals surface area contributed by atoms with Gasteiger partial charge in [-0.1, -0.05) is 12.1 Å². The Kier molecular flexibility index (Phi) is 6.68. The number of carbonyl (C=O) groups excluding carboxylic acids is 2.